The van der Waals surface area contributed by atoms with Gasteiger partial charge in [0.25, 0.3) is 0 Å². The van der Waals surface area contributed by atoms with Crippen LogP contribution in [0.3, 0.4) is 0 Å². The highest BCUT2D eigenvalue weighted by Crippen LogP contribution is 2.40. The van der Waals surface area contributed by atoms with Crippen molar-refractivity contribution in [2.75, 3.05) is 50.6 Å². The van der Waals surface area contributed by atoms with Gasteiger partial charge in [-0.05, 0) is 29.0 Å². The molecule has 3 aromatic rings. The van der Waals surface area contributed by atoms with E-state index >= 15 is 0 Å². The van der Waals surface area contributed by atoms with E-state index in [1.807, 2.05) is 24.1 Å². The van der Waals surface area contributed by atoms with Crippen LogP contribution in [0.25, 0.3) is 11.1 Å². The third-order valence-corrected chi connectivity index (χ3v) is 5.45. The van der Waals surface area contributed by atoms with Gasteiger partial charge >= 0.3 is 0 Å². The van der Waals surface area contributed by atoms with E-state index in [0.29, 0.717) is 5.95 Å². The average Bonchev–Trinajstić information content (AvgIpc) is 3.16. The highest BCUT2D eigenvalue weighted by molar-refractivity contribution is 9.10. The van der Waals surface area contributed by atoms with Gasteiger partial charge in [0.15, 0.2) is 0 Å². The Kier molecular flexibility index (Phi) is 5.68. The van der Waals surface area contributed by atoms with Gasteiger partial charge in [-0.3, -0.25) is 4.68 Å². The van der Waals surface area contributed by atoms with Crippen LogP contribution in [0.4, 0.5) is 17.3 Å². The van der Waals surface area contributed by atoms with Gasteiger partial charge in [-0.25, -0.2) is 9.97 Å². The maximum Gasteiger partial charge on any atom is 0.227 e. The third-order valence-electron chi connectivity index (χ3n) is 5.04. The molecule has 0 radical (unpaired) electrons. The number of hydrogen-bond donors (Lipinski definition) is 1. The van der Waals surface area contributed by atoms with E-state index in [4.69, 9.17) is 4.74 Å². The van der Waals surface area contributed by atoms with Gasteiger partial charge in [0.05, 0.1) is 23.5 Å². The smallest absolute Gasteiger partial charge is 0.227 e. The molecular weight excluding hydrogens is 434 g/mol. The summed E-state index contributed by atoms with van der Waals surface area (Å²) >= 11 is 3.37. The van der Waals surface area contributed by atoms with Crippen molar-refractivity contribution in [3.05, 3.63) is 41.4 Å². The number of hydrogen-bond acceptors (Lipinski definition) is 7. The predicted molar refractivity (Wildman–Crippen MR) is 118 cm³/mol. The van der Waals surface area contributed by atoms with Crippen LogP contribution in [0.5, 0.6) is 5.75 Å². The standard InChI is InChI=1S/C20H24BrN7O/c1-26-4-6-28(7-5-26)18-9-19(29-3)17(25-20-22-11-15(21)12-23-20)8-16(18)14-10-24-27(2)13-14/h8-13H,4-7H2,1-3H3,(H,22,23,25). The molecule has 0 saturated carbocycles. The van der Waals surface area contributed by atoms with E-state index < -0.39 is 0 Å². The molecule has 1 aliphatic heterocycles. The quantitative estimate of drug-likeness (QED) is 0.630. The monoisotopic (exact) mass is 457 g/mol. The number of nitrogens with zero attached hydrogens (tertiary/aromatic N) is 6. The first-order valence-electron chi connectivity index (χ1n) is 9.42. The number of methoxy groups -OCH3 is 1. The zero-order valence-corrected chi connectivity index (χ0v) is 18.3. The second-order valence-electron chi connectivity index (χ2n) is 7.11. The molecule has 3 heterocycles. The Bertz CT molecular complexity index is 981. The summed E-state index contributed by atoms with van der Waals surface area (Å²) in [6.45, 7) is 3.99. The largest absolute Gasteiger partial charge is 0.494 e. The van der Waals surface area contributed by atoms with Crippen LogP contribution in [0.1, 0.15) is 0 Å². The number of likely N-dealkylation sites (N-methyl/N-ethyl adjacent to an activating group) is 1. The molecule has 1 aliphatic rings. The first-order chi connectivity index (χ1) is 14.0. The molecule has 29 heavy (non-hydrogen) atoms. The summed E-state index contributed by atoms with van der Waals surface area (Å²) in [7, 11) is 5.77. The Morgan fingerprint density at radius 2 is 1.76 bits per heavy atom. The van der Waals surface area contributed by atoms with Crippen molar-refractivity contribution in [2.45, 2.75) is 0 Å². The summed E-state index contributed by atoms with van der Waals surface area (Å²) in [5, 5.41) is 7.65. The van der Waals surface area contributed by atoms with Crippen LogP contribution in [-0.2, 0) is 7.05 Å². The number of benzene rings is 1. The fourth-order valence-corrected chi connectivity index (χ4v) is 3.64. The van der Waals surface area contributed by atoms with Crippen molar-refractivity contribution < 1.29 is 4.74 Å². The normalized spacial score (nSPS) is 14.8. The van der Waals surface area contributed by atoms with Crippen molar-refractivity contribution in [1.82, 2.24) is 24.6 Å². The van der Waals surface area contributed by atoms with E-state index in [-0.39, 0.29) is 0 Å². The van der Waals surface area contributed by atoms with Gasteiger partial charge in [0.2, 0.25) is 5.95 Å². The first kappa shape index (κ1) is 19.7. The first-order valence-corrected chi connectivity index (χ1v) is 10.2. The lowest BCUT2D eigenvalue weighted by Crippen LogP contribution is -2.44. The summed E-state index contributed by atoms with van der Waals surface area (Å²) < 4.78 is 8.35. The van der Waals surface area contributed by atoms with Crippen molar-refractivity contribution in [2.24, 2.45) is 7.05 Å². The van der Waals surface area contributed by atoms with Gasteiger partial charge in [0.1, 0.15) is 5.75 Å². The van der Waals surface area contributed by atoms with Gasteiger partial charge in [0, 0.05) is 74.7 Å². The molecule has 2 aromatic heterocycles. The number of ether oxygens (including phenoxy) is 1. The molecular formula is C20H24BrN7O. The maximum absolute atomic E-state index is 5.70. The molecule has 9 heteroatoms. The van der Waals surface area contributed by atoms with E-state index in [1.165, 1.54) is 0 Å². The molecule has 1 saturated heterocycles. The molecule has 0 aliphatic carbocycles. The third kappa shape index (κ3) is 4.35. The highest BCUT2D eigenvalue weighted by Gasteiger charge is 2.21. The SMILES string of the molecule is COc1cc(N2CCN(C)CC2)c(-c2cnn(C)c2)cc1Nc1ncc(Br)cn1. The van der Waals surface area contributed by atoms with Crippen molar-refractivity contribution in [3.63, 3.8) is 0 Å². The fourth-order valence-electron chi connectivity index (χ4n) is 3.43. The van der Waals surface area contributed by atoms with Crippen LogP contribution < -0.4 is 15.0 Å². The second kappa shape index (κ2) is 8.38. The predicted octanol–water partition coefficient (Wildman–Crippen LogP) is 3.14. The molecule has 1 aromatic carbocycles. The van der Waals surface area contributed by atoms with Crippen LogP contribution in [-0.4, -0.2) is 65.0 Å². The topological polar surface area (TPSA) is 71.3 Å². The molecule has 0 spiro atoms. The number of halogens is 1. The van der Waals surface area contributed by atoms with Crippen molar-refractivity contribution >= 4 is 33.3 Å². The number of rotatable bonds is 5. The number of piperazine rings is 1. The lowest BCUT2D eigenvalue weighted by molar-refractivity contribution is 0.313. The maximum atomic E-state index is 5.70. The summed E-state index contributed by atoms with van der Waals surface area (Å²) in [6.07, 6.45) is 7.34. The average molecular weight is 458 g/mol. The molecule has 4 rings (SSSR count). The summed E-state index contributed by atoms with van der Waals surface area (Å²) in [6, 6.07) is 4.18. The number of anilines is 3. The molecule has 152 valence electrons. The molecule has 8 nitrogen and oxygen atoms in total. The number of nitrogens with one attached hydrogen (secondary N) is 1. The summed E-state index contributed by atoms with van der Waals surface area (Å²) in [5.41, 5.74) is 4.11. The Hall–Kier alpha value is -2.65. The zero-order valence-electron chi connectivity index (χ0n) is 16.8. The van der Waals surface area contributed by atoms with E-state index in [2.05, 4.69) is 65.3 Å². The molecule has 1 N–H and O–H groups in total. The van der Waals surface area contributed by atoms with Crippen LogP contribution >= 0.6 is 15.9 Å². The summed E-state index contributed by atoms with van der Waals surface area (Å²) in [5.74, 6) is 1.26. The second-order valence-corrected chi connectivity index (χ2v) is 8.03. The Labute approximate surface area is 178 Å². The molecule has 0 bridgehead atoms. The number of aryl methyl sites for hydroxylation is 1. The minimum atomic E-state index is 0.510. The molecule has 0 unspecified atom stereocenters. The van der Waals surface area contributed by atoms with Crippen molar-refractivity contribution in [1.29, 1.82) is 0 Å². The minimum Gasteiger partial charge on any atom is -0.494 e. The highest BCUT2D eigenvalue weighted by atomic mass is 79.9. The summed E-state index contributed by atoms with van der Waals surface area (Å²) in [4.78, 5) is 13.4. The minimum absolute atomic E-state index is 0.510. The Morgan fingerprint density at radius 3 is 2.38 bits per heavy atom. The van der Waals surface area contributed by atoms with Gasteiger partial charge in [-0.2, -0.15) is 5.10 Å². The van der Waals surface area contributed by atoms with E-state index in [0.717, 1.165) is 58.9 Å². The molecule has 1 fully saturated rings. The van der Waals surface area contributed by atoms with Crippen molar-refractivity contribution in [3.8, 4) is 16.9 Å². The fraction of sp³-hybridized carbons (Fsp3) is 0.350. The Balaban J connectivity index is 1.77. The lowest BCUT2D eigenvalue weighted by Gasteiger charge is -2.35. The van der Waals surface area contributed by atoms with E-state index in [9.17, 15) is 0 Å². The zero-order chi connectivity index (χ0) is 20.4. The van der Waals surface area contributed by atoms with Gasteiger partial charge in [-0.15, -0.1) is 0 Å². The van der Waals surface area contributed by atoms with Gasteiger partial charge in [-0.1, -0.05) is 0 Å². The van der Waals surface area contributed by atoms with Crippen LogP contribution in [0, 0.1) is 0 Å². The lowest BCUT2D eigenvalue weighted by atomic mass is 10.0. The molecule has 0 amide bonds. The Morgan fingerprint density at radius 1 is 1.03 bits per heavy atom. The number of aromatic nitrogens is 4. The van der Waals surface area contributed by atoms with Gasteiger partial charge < -0.3 is 19.9 Å². The van der Waals surface area contributed by atoms with Crippen LogP contribution in [0.2, 0.25) is 0 Å². The molecule has 0 atom stereocenters. The van der Waals surface area contributed by atoms with E-state index in [1.54, 1.807) is 19.5 Å². The van der Waals surface area contributed by atoms with Crippen LogP contribution in [0.15, 0.2) is 41.4 Å².